The van der Waals surface area contributed by atoms with Gasteiger partial charge in [0.1, 0.15) is 0 Å². The molecule has 4 heteroatoms. The highest BCUT2D eigenvalue weighted by molar-refractivity contribution is 4.81. The average molecular weight is 84.1 g/mol. The Morgan fingerprint density at radius 1 is 2.00 bits per heavy atom. The van der Waals surface area contributed by atoms with Crippen molar-refractivity contribution in [3.05, 3.63) is 22.8 Å². The summed E-state index contributed by atoms with van der Waals surface area (Å²) >= 11 is 0. The first-order valence-corrected chi connectivity index (χ1v) is 1.27. The van der Waals surface area contributed by atoms with Gasteiger partial charge in [0, 0.05) is 4.91 Å². The van der Waals surface area contributed by atoms with Crippen LogP contribution >= 0.6 is 0 Å². The Balaban J connectivity index is 3.60. The lowest BCUT2D eigenvalue weighted by atomic mass is 10.9. The van der Waals surface area contributed by atoms with Crippen molar-refractivity contribution in [1.82, 2.24) is 0 Å². The molecule has 6 heavy (non-hydrogen) atoms. The summed E-state index contributed by atoms with van der Waals surface area (Å²) in [6.45, 7) is 3.10. The number of azide groups is 1. The first-order valence-electron chi connectivity index (χ1n) is 1.27. The standard InChI is InChI=1S/C2H4N4/c1-2(3)5-6-4/h1,3H2. The van der Waals surface area contributed by atoms with Gasteiger partial charge < -0.3 is 5.73 Å². The van der Waals surface area contributed by atoms with E-state index in [0.29, 0.717) is 0 Å². The molecule has 0 bridgehead atoms. The second kappa shape index (κ2) is 2.11. The molecule has 0 saturated heterocycles. The minimum absolute atomic E-state index is 0.00231. The van der Waals surface area contributed by atoms with Crippen LogP contribution in [0.15, 0.2) is 17.5 Å². The van der Waals surface area contributed by atoms with Gasteiger partial charge in [-0.2, -0.15) is 0 Å². The van der Waals surface area contributed by atoms with E-state index in [4.69, 9.17) is 11.3 Å². The van der Waals surface area contributed by atoms with Gasteiger partial charge in [0.25, 0.3) is 0 Å². The lowest BCUT2D eigenvalue weighted by Crippen LogP contribution is -1.85. The molecule has 0 heterocycles. The van der Waals surface area contributed by atoms with Crippen LogP contribution in [0.2, 0.25) is 0 Å². The maximum absolute atomic E-state index is 7.55. The van der Waals surface area contributed by atoms with Crippen molar-refractivity contribution in [2.24, 2.45) is 10.8 Å². The summed E-state index contributed by atoms with van der Waals surface area (Å²) in [5.74, 6) is -0.00231. The quantitative estimate of drug-likeness (QED) is 0.284. The summed E-state index contributed by atoms with van der Waals surface area (Å²) in [7, 11) is 0. The molecule has 0 rings (SSSR count). The van der Waals surface area contributed by atoms with Crippen molar-refractivity contribution in [3.8, 4) is 0 Å². The van der Waals surface area contributed by atoms with E-state index in [1.54, 1.807) is 0 Å². The Hall–Kier alpha value is -1.15. The van der Waals surface area contributed by atoms with E-state index in [1.807, 2.05) is 0 Å². The first-order chi connectivity index (χ1) is 2.77. The second-order valence-corrected chi connectivity index (χ2v) is 0.681. The predicted molar refractivity (Wildman–Crippen MR) is 22.5 cm³/mol. The summed E-state index contributed by atoms with van der Waals surface area (Å²) < 4.78 is 0. The van der Waals surface area contributed by atoms with Gasteiger partial charge in [0.15, 0.2) is 0 Å². The van der Waals surface area contributed by atoms with Crippen LogP contribution in [-0.4, -0.2) is 0 Å². The van der Waals surface area contributed by atoms with Crippen LogP contribution in [0.25, 0.3) is 10.4 Å². The molecule has 0 atom stereocenters. The molecule has 0 unspecified atom stereocenters. The summed E-state index contributed by atoms with van der Waals surface area (Å²) in [4.78, 5) is 2.34. The molecule has 0 aliphatic carbocycles. The van der Waals surface area contributed by atoms with Gasteiger partial charge in [-0.1, -0.05) is 6.58 Å². The minimum atomic E-state index is -0.00231. The van der Waals surface area contributed by atoms with Crippen LogP contribution in [0.4, 0.5) is 0 Å². The molecular weight excluding hydrogens is 80.0 g/mol. The summed E-state index contributed by atoms with van der Waals surface area (Å²) in [6.07, 6.45) is 0. The third-order valence-corrected chi connectivity index (χ3v) is 0.173. The zero-order valence-electron chi connectivity index (χ0n) is 3.13. The predicted octanol–water partition coefficient (Wildman–Crippen LogP) is 0.727. The number of hydrogen-bond donors (Lipinski definition) is 1. The van der Waals surface area contributed by atoms with Gasteiger partial charge in [-0.25, -0.2) is 0 Å². The molecule has 0 aliphatic rings. The van der Waals surface area contributed by atoms with Crippen molar-refractivity contribution in [1.29, 1.82) is 0 Å². The fraction of sp³-hybridized carbons (Fsp3) is 0. The van der Waals surface area contributed by atoms with Gasteiger partial charge in [-0.3, -0.25) is 0 Å². The van der Waals surface area contributed by atoms with E-state index in [1.165, 1.54) is 0 Å². The van der Waals surface area contributed by atoms with Crippen LogP contribution in [0.1, 0.15) is 0 Å². The van der Waals surface area contributed by atoms with Gasteiger partial charge in [0.2, 0.25) is 0 Å². The monoisotopic (exact) mass is 84.0 g/mol. The third-order valence-electron chi connectivity index (χ3n) is 0.173. The van der Waals surface area contributed by atoms with E-state index in [0.717, 1.165) is 0 Å². The molecule has 0 aliphatic heterocycles. The molecule has 32 valence electrons. The van der Waals surface area contributed by atoms with Gasteiger partial charge in [0.05, 0.1) is 5.82 Å². The highest BCUT2D eigenvalue weighted by atomic mass is 15.2. The fourth-order valence-electron chi connectivity index (χ4n) is 0.0574. The maximum Gasteiger partial charge on any atom is 0.0880 e. The lowest BCUT2D eigenvalue weighted by molar-refractivity contribution is 1.24. The molecule has 0 radical (unpaired) electrons. The van der Waals surface area contributed by atoms with E-state index in [9.17, 15) is 0 Å². The number of nitrogens with two attached hydrogens (primary N) is 1. The molecule has 0 aromatic heterocycles. The Labute approximate surface area is 34.9 Å². The third kappa shape index (κ3) is 2.85. The van der Waals surface area contributed by atoms with Crippen LogP contribution < -0.4 is 5.73 Å². The van der Waals surface area contributed by atoms with Crippen LogP contribution in [0.3, 0.4) is 0 Å². The van der Waals surface area contributed by atoms with Gasteiger partial charge in [-0.15, -0.1) is 0 Å². The van der Waals surface area contributed by atoms with E-state index >= 15 is 0 Å². The Morgan fingerprint density at radius 2 is 2.50 bits per heavy atom. The van der Waals surface area contributed by atoms with Crippen LogP contribution in [-0.2, 0) is 0 Å². The molecule has 0 spiro atoms. The molecule has 0 fully saturated rings. The van der Waals surface area contributed by atoms with Crippen molar-refractivity contribution in [2.75, 3.05) is 0 Å². The van der Waals surface area contributed by atoms with Crippen molar-refractivity contribution < 1.29 is 0 Å². The van der Waals surface area contributed by atoms with Crippen molar-refractivity contribution in [2.45, 2.75) is 0 Å². The summed E-state index contributed by atoms with van der Waals surface area (Å²) in [5.41, 5.74) is 12.3. The molecule has 0 aromatic carbocycles. The van der Waals surface area contributed by atoms with Gasteiger partial charge in [-0.05, 0) is 10.6 Å². The SMILES string of the molecule is C=C(N)N=[N+]=[N-]. The molecule has 0 saturated carbocycles. The largest absolute Gasteiger partial charge is 0.397 e. The topological polar surface area (TPSA) is 74.8 Å². The van der Waals surface area contributed by atoms with Crippen molar-refractivity contribution in [3.63, 3.8) is 0 Å². The highest BCUT2D eigenvalue weighted by Gasteiger charge is 1.64. The maximum atomic E-state index is 7.55. The van der Waals surface area contributed by atoms with E-state index in [2.05, 4.69) is 16.6 Å². The van der Waals surface area contributed by atoms with Crippen molar-refractivity contribution >= 4 is 0 Å². The number of hydrogen-bond acceptors (Lipinski definition) is 2. The van der Waals surface area contributed by atoms with E-state index < -0.39 is 0 Å². The Kier molecular flexibility index (Phi) is 1.71. The molecular formula is C2H4N4. The fourth-order valence-corrected chi connectivity index (χ4v) is 0.0574. The molecule has 2 N–H and O–H groups in total. The normalized spacial score (nSPS) is 6.00. The zero-order chi connectivity index (χ0) is 4.99. The average Bonchev–Trinajstić information content (AvgIpc) is 1.35. The zero-order valence-corrected chi connectivity index (χ0v) is 3.13. The molecule has 0 amide bonds. The Morgan fingerprint density at radius 3 is 2.50 bits per heavy atom. The number of nitrogens with zero attached hydrogens (tertiary/aromatic N) is 3. The number of rotatable bonds is 1. The molecule has 4 nitrogen and oxygen atoms in total. The second-order valence-electron chi connectivity index (χ2n) is 0.681. The lowest BCUT2D eigenvalue weighted by Gasteiger charge is -1.72. The van der Waals surface area contributed by atoms with Crippen LogP contribution in [0, 0.1) is 0 Å². The summed E-state index contributed by atoms with van der Waals surface area (Å²) in [5, 5.41) is 2.89. The smallest absolute Gasteiger partial charge is 0.0880 e. The van der Waals surface area contributed by atoms with E-state index in [-0.39, 0.29) is 5.82 Å². The summed E-state index contributed by atoms with van der Waals surface area (Å²) in [6, 6.07) is 0. The van der Waals surface area contributed by atoms with Gasteiger partial charge >= 0.3 is 0 Å². The molecule has 0 aromatic rings. The minimum Gasteiger partial charge on any atom is -0.397 e. The van der Waals surface area contributed by atoms with Crippen LogP contribution in [0.5, 0.6) is 0 Å². The first kappa shape index (κ1) is 4.85. The Bertz CT molecular complexity index is 98.1. The highest BCUT2D eigenvalue weighted by Crippen LogP contribution is 1.74.